The highest BCUT2D eigenvalue weighted by Crippen LogP contribution is 2.25. The minimum Gasteiger partial charge on any atom is -0.350 e. The second-order valence-electron chi connectivity index (χ2n) is 7.14. The third kappa shape index (κ3) is 3.00. The van der Waals surface area contributed by atoms with Crippen LogP contribution in [0.1, 0.15) is 16.8 Å². The first-order valence-corrected chi connectivity index (χ1v) is 9.28. The maximum Gasteiger partial charge on any atom is 0.159 e. The summed E-state index contributed by atoms with van der Waals surface area (Å²) in [4.78, 5) is 16.0. The third-order valence-corrected chi connectivity index (χ3v) is 5.34. The van der Waals surface area contributed by atoms with Gasteiger partial charge in [-0.1, -0.05) is 18.2 Å². The van der Waals surface area contributed by atoms with Crippen molar-refractivity contribution in [2.24, 2.45) is 7.05 Å². The van der Waals surface area contributed by atoms with Crippen LogP contribution in [0.15, 0.2) is 61.2 Å². The van der Waals surface area contributed by atoms with E-state index in [4.69, 9.17) is 4.98 Å². The number of benzene rings is 1. The molecule has 0 aliphatic carbocycles. The van der Waals surface area contributed by atoms with E-state index >= 15 is 0 Å². The van der Waals surface area contributed by atoms with Gasteiger partial charge in [0.2, 0.25) is 0 Å². The molecule has 4 aromatic rings. The van der Waals surface area contributed by atoms with Crippen LogP contribution < -0.4 is 0 Å². The largest absolute Gasteiger partial charge is 0.350 e. The van der Waals surface area contributed by atoms with Gasteiger partial charge >= 0.3 is 0 Å². The zero-order chi connectivity index (χ0) is 18.2. The van der Waals surface area contributed by atoms with Crippen LogP contribution in [0.2, 0.25) is 0 Å². The second-order valence-corrected chi connectivity index (χ2v) is 7.14. The van der Waals surface area contributed by atoms with Gasteiger partial charge in [0.25, 0.3) is 0 Å². The van der Waals surface area contributed by atoms with Crippen LogP contribution in [-0.2, 0) is 26.6 Å². The zero-order valence-electron chi connectivity index (χ0n) is 15.3. The Bertz CT molecular complexity index is 1100. The summed E-state index contributed by atoms with van der Waals surface area (Å²) in [7, 11) is 2.12. The first-order chi connectivity index (χ1) is 13.3. The van der Waals surface area contributed by atoms with Crippen LogP contribution in [0.25, 0.3) is 22.3 Å². The van der Waals surface area contributed by atoms with Gasteiger partial charge < -0.3 is 4.57 Å². The number of aromatic nitrogens is 4. The first-order valence-electron chi connectivity index (χ1n) is 9.28. The number of nitrogens with zero attached hydrogens (tertiary/aromatic N) is 5. The van der Waals surface area contributed by atoms with Crippen molar-refractivity contribution < 1.29 is 0 Å². The van der Waals surface area contributed by atoms with Gasteiger partial charge in [-0.15, -0.1) is 0 Å². The van der Waals surface area contributed by atoms with Gasteiger partial charge in [-0.3, -0.25) is 9.88 Å². The molecular weight excluding hydrogens is 334 g/mol. The molecule has 0 N–H and O–H groups in total. The normalized spacial score (nSPS) is 14.4. The van der Waals surface area contributed by atoms with Gasteiger partial charge in [0, 0.05) is 67.9 Å². The lowest BCUT2D eigenvalue weighted by molar-refractivity contribution is 0.242. The average Bonchev–Trinajstić information content (AvgIpc) is 3.04. The van der Waals surface area contributed by atoms with Gasteiger partial charge in [-0.2, -0.15) is 0 Å². The molecule has 0 unspecified atom stereocenters. The number of aryl methyl sites for hydroxylation is 1. The fourth-order valence-electron chi connectivity index (χ4n) is 3.92. The van der Waals surface area contributed by atoms with E-state index in [1.165, 1.54) is 22.0 Å². The third-order valence-electron chi connectivity index (χ3n) is 5.34. The Kier molecular flexibility index (Phi) is 3.94. The lowest BCUT2D eigenvalue weighted by Gasteiger charge is -2.27. The quantitative estimate of drug-likeness (QED) is 0.563. The summed E-state index contributed by atoms with van der Waals surface area (Å²) in [6.45, 7) is 2.84. The monoisotopic (exact) mass is 355 g/mol. The average molecular weight is 355 g/mol. The van der Waals surface area contributed by atoms with Crippen LogP contribution in [0.3, 0.4) is 0 Å². The number of fused-ring (bicyclic) bond motifs is 2. The summed E-state index contributed by atoms with van der Waals surface area (Å²) in [5.74, 6) is 0.781. The Morgan fingerprint density at radius 2 is 1.93 bits per heavy atom. The molecule has 0 fully saturated rings. The molecule has 0 spiro atoms. The van der Waals surface area contributed by atoms with Gasteiger partial charge in [0.05, 0.1) is 5.69 Å². The highest BCUT2D eigenvalue weighted by molar-refractivity contribution is 5.83. The van der Waals surface area contributed by atoms with E-state index in [0.717, 1.165) is 43.1 Å². The van der Waals surface area contributed by atoms with Gasteiger partial charge in [0.1, 0.15) is 0 Å². The highest BCUT2D eigenvalue weighted by Gasteiger charge is 2.20. The second kappa shape index (κ2) is 6.59. The van der Waals surface area contributed by atoms with Crippen LogP contribution in [0.4, 0.5) is 0 Å². The molecule has 1 aliphatic heterocycles. The van der Waals surface area contributed by atoms with Crippen molar-refractivity contribution in [3.8, 4) is 11.4 Å². The molecule has 1 aromatic carbocycles. The predicted octanol–water partition coefficient (Wildman–Crippen LogP) is 3.59. The molecule has 5 nitrogen and oxygen atoms in total. The number of hydrogen-bond acceptors (Lipinski definition) is 4. The van der Waals surface area contributed by atoms with Gasteiger partial charge in [-0.25, -0.2) is 9.97 Å². The molecule has 0 atom stereocenters. The number of para-hydroxylation sites is 1. The van der Waals surface area contributed by atoms with E-state index < -0.39 is 0 Å². The van der Waals surface area contributed by atoms with Crippen molar-refractivity contribution in [3.05, 3.63) is 78.0 Å². The van der Waals surface area contributed by atoms with E-state index in [9.17, 15) is 0 Å². The summed E-state index contributed by atoms with van der Waals surface area (Å²) >= 11 is 0. The summed E-state index contributed by atoms with van der Waals surface area (Å²) in [6.07, 6.45) is 8.81. The molecular formula is C22H21N5. The molecule has 1 aliphatic rings. The van der Waals surface area contributed by atoms with E-state index in [1.54, 1.807) is 12.4 Å². The Morgan fingerprint density at radius 1 is 1.07 bits per heavy atom. The fraction of sp³-hybridized carbons (Fsp3) is 0.227. The molecule has 0 amide bonds. The minimum atomic E-state index is 0.781. The van der Waals surface area contributed by atoms with E-state index in [-0.39, 0.29) is 0 Å². The summed E-state index contributed by atoms with van der Waals surface area (Å²) in [6, 6.07) is 12.5. The summed E-state index contributed by atoms with van der Waals surface area (Å²) in [5.41, 5.74) is 6.08. The van der Waals surface area contributed by atoms with Gasteiger partial charge in [-0.05, 0) is 35.7 Å². The van der Waals surface area contributed by atoms with Crippen molar-refractivity contribution in [2.75, 3.05) is 6.54 Å². The van der Waals surface area contributed by atoms with Crippen molar-refractivity contribution in [1.82, 2.24) is 24.4 Å². The Morgan fingerprint density at radius 3 is 2.81 bits per heavy atom. The standard InChI is InChI=1S/C22H21N5/c1-26-13-18(19-4-2-3-5-21(19)26)14-27-11-8-17-12-24-22(25-20(17)15-27)16-6-9-23-10-7-16/h2-7,9-10,12-13H,8,11,14-15H2,1H3. The molecule has 0 radical (unpaired) electrons. The smallest absolute Gasteiger partial charge is 0.159 e. The van der Waals surface area contributed by atoms with Crippen molar-refractivity contribution in [2.45, 2.75) is 19.5 Å². The van der Waals surface area contributed by atoms with Crippen LogP contribution in [0, 0.1) is 0 Å². The Balaban J connectivity index is 1.42. The van der Waals surface area contributed by atoms with Crippen LogP contribution in [0.5, 0.6) is 0 Å². The van der Waals surface area contributed by atoms with Gasteiger partial charge in [0.15, 0.2) is 5.82 Å². The molecule has 134 valence electrons. The SMILES string of the molecule is Cn1cc(CN2CCc3cnc(-c4ccncc4)nc3C2)c2ccccc21. The first kappa shape index (κ1) is 16.1. The molecule has 0 bridgehead atoms. The van der Waals surface area contributed by atoms with Crippen molar-refractivity contribution in [3.63, 3.8) is 0 Å². The molecule has 3 aromatic heterocycles. The molecule has 0 saturated carbocycles. The number of hydrogen-bond donors (Lipinski definition) is 0. The molecule has 27 heavy (non-hydrogen) atoms. The predicted molar refractivity (Wildman–Crippen MR) is 106 cm³/mol. The molecule has 4 heterocycles. The topological polar surface area (TPSA) is 46.8 Å². The Labute approximate surface area is 158 Å². The minimum absolute atomic E-state index is 0.781. The summed E-state index contributed by atoms with van der Waals surface area (Å²) < 4.78 is 2.21. The number of rotatable bonds is 3. The zero-order valence-corrected chi connectivity index (χ0v) is 15.3. The molecule has 0 saturated heterocycles. The maximum absolute atomic E-state index is 4.86. The van der Waals surface area contributed by atoms with Crippen LogP contribution >= 0.6 is 0 Å². The molecule has 5 heteroatoms. The van der Waals surface area contributed by atoms with E-state index in [2.05, 4.69) is 56.9 Å². The molecule has 5 rings (SSSR count). The maximum atomic E-state index is 4.86. The van der Waals surface area contributed by atoms with E-state index in [0.29, 0.717) is 0 Å². The lowest BCUT2D eigenvalue weighted by atomic mass is 10.1. The van der Waals surface area contributed by atoms with Crippen molar-refractivity contribution in [1.29, 1.82) is 0 Å². The number of pyridine rings is 1. The fourth-order valence-corrected chi connectivity index (χ4v) is 3.92. The Hall–Kier alpha value is -3.05. The summed E-state index contributed by atoms with van der Waals surface area (Å²) in [5, 5.41) is 1.34. The van der Waals surface area contributed by atoms with E-state index in [1.807, 2.05) is 18.3 Å². The lowest BCUT2D eigenvalue weighted by Crippen LogP contribution is -2.31. The highest BCUT2D eigenvalue weighted by atomic mass is 15.1. The van der Waals surface area contributed by atoms with Crippen molar-refractivity contribution >= 4 is 10.9 Å². The van der Waals surface area contributed by atoms with Crippen LogP contribution in [-0.4, -0.2) is 31.0 Å².